The molecule has 25 nitrogen and oxygen atoms in total. The monoisotopic (exact) mass is 1550 g/mol. The van der Waals surface area contributed by atoms with E-state index in [0.717, 1.165) is 32.1 Å². The summed E-state index contributed by atoms with van der Waals surface area (Å²) in [4.78, 5) is 139. The quantitative estimate of drug-likeness (QED) is 0.0335. The minimum Gasteiger partial charge on any atom is -0.465 e. The van der Waals surface area contributed by atoms with Crippen molar-refractivity contribution in [3.8, 4) is 0 Å². The van der Waals surface area contributed by atoms with E-state index < -0.39 is 91.6 Å². The third-order valence-corrected chi connectivity index (χ3v) is 18.1. The fourth-order valence-electron chi connectivity index (χ4n) is 8.17. The average molecular weight is 1550 g/mol. The number of carbonyl (C=O) groups excluding carboxylic acids is 12. The van der Waals surface area contributed by atoms with Crippen LogP contribution >= 0.6 is 0 Å². The lowest BCUT2D eigenvalue weighted by Gasteiger charge is -2.36. The van der Waals surface area contributed by atoms with E-state index in [2.05, 4.69) is 0 Å². The van der Waals surface area contributed by atoms with E-state index in [4.69, 9.17) is 61.6 Å². The Balaban J connectivity index is -0.000000602. The largest absolute Gasteiger partial charge is 0.508 e. The van der Waals surface area contributed by atoms with Crippen molar-refractivity contribution >= 4 is 71.8 Å². The summed E-state index contributed by atoms with van der Waals surface area (Å²) in [5, 5.41) is 0. The molecule has 0 aromatic carbocycles. The smallest absolute Gasteiger partial charge is 0.465 e. The number of ether oxygens (including phenoxy) is 13. The Morgan fingerprint density at radius 1 is 0.333 bits per heavy atom. The van der Waals surface area contributed by atoms with Gasteiger partial charge in [-0.1, -0.05) is 88.5 Å². The molecule has 2 aliphatic carbocycles. The van der Waals surface area contributed by atoms with Crippen LogP contribution in [0.3, 0.4) is 0 Å². The third kappa shape index (κ3) is 51.0. The van der Waals surface area contributed by atoms with E-state index >= 15 is 0 Å². The van der Waals surface area contributed by atoms with Crippen molar-refractivity contribution in [2.24, 2.45) is 45.8 Å². The van der Waals surface area contributed by atoms with Crippen LogP contribution in [0.2, 0.25) is 0 Å². The van der Waals surface area contributed by atoms with Crippen LogP contribution in [0.4, 0.5) is 4.79 Å². The molecular formula is C83H150O25. The highest BCUT2D eigenvalue weighted by atomic mass is 16.7. The number of esters is 11. The Bertz CT molecular complexity index is 2740. The van der Waals surface area contributed by atoms with Gasteiger partial charge in [-0.05, 0) is 255 Å². The highest BCUT2D eigenvalue weighted by Crippen LogP contribution is 2.42. The molecule has 0 aliphatic heterocycles. The van der Waals surface area contributed by atoms with Crippen LogP contribution in [0.25, 0.3) is 0 Å². The molecule has 4 unspecified atom stereocenters. The molecule has 0 amide bonds. The SMILES string of the molecule is CCC(C)(C)C(=O)OC(C)C(=O)OC(C)(C)C.CCC(C)(C)C(=O)OCC(=O)OC(C)(C)C1CC1.CCC(C)(C)OC(=O)OCCOC(=O)C(C)(C)CC.CCC(C)C(=O)OC(C)(C)C(=O)OC(C)(C)C.CCC(C)C(=O)OCC(=O)OC(C)(C)C1CCCCC1.CCC(C)C(=O)OCCCC(=O)OC(C)(C)C. The number of rotatable bonds is 33. The highest BCUT2D eigenvalue weighted by molar-refractivity contribution is 5.84. The first-order valence-electron chi connectivity index (χ1n) is 39.0. The predicted octanol–water partition coefficient (Wildman–Crippen LogP) is 17.6. The first-order valence-corrected chi connectivity index (χ1v) is 39.0. The Morgan fingerprint density at radius 2 is 0.713 bits per heavy atom. The molecule has 0 heterocycles. The maximum absolute atomic E-state index is 11.8. The first-order chi connectivity index (χ1) is 48.9. The molecule has 25 heteroatoms. The molecule has 0 saturated heterocycles. The summed E-state index contributed by atoms with van der Waals surface area (Å²) in [6.07, 6.45) is 12.2. The second-order valence-electron chi connectivity index (χ2n) is 34.9. The summed E-state index contributed by atoms with van der Waals surface area (Å²) in [5.74, 6) is -3.73. The molecule has 2 aliphatic rings. The molecule has 0 aromatic heterocycles. The lowest BCUT2D eigenvalue weighted by molar-refractivity contribution is -0.188. The van der Waals surface area contributed by atoms with Crippen molar-refractivity contribution in [3.05, 3.63) is 0 Å². The van der Waals surface area contributed by atoms with E-state index in [0.29, 0.717) is 56.8 Å². The van der Waals surface area contributed by atoms with Crippen LogP contribution in [0, 0.1) is 45.8 Å². The van der Waals surface area contributed by atoms with Crippen LogP contribution in [0.5, 0.6) is 0 Å². The van der Waals surface area contributed by atoms with Crippen molar-refractivity contribution < 1.29 is 119 Å². The van der Waals surface area contributed by atoms with E-state index in [-0.39, 0.29) is 99.0 Å². The molecular weight excluding hydrogens is 1400 g/mol. The van der Waals surface area contributed by atoms with Crippen molar-refractivity contribution in [1.82, 2.24) is 0 Å². The van der Waals surface area contributed by atoms with E-state index in [1.54, 1.807) is 111 Å². The number of hydrogen-bond acceptors (Lipinski definition) is 25. The topological polar surface area (TPSA) is 325 Å². The molecule has 4 atom stereocenters. The number of carbonyl (C=O) groups is 12. The van der Waals surface area contributed by atoms with E-state index in [1.807, 2.05) is 118 Å². The minimum atomic E-state index is -1.24. The Morgan fingerprint density at radius 3 is 1.11 bits per heavy atom. The van der Waals surface area contributed by atoms with Gasteiger partial charge in [0, 0.05) is 6.42 Å². The zero-order valence-electron chi connectivity index (χ0n) is 73.5. The summed E-state index contributed by atoms with van der Waals surface area (Å²) >= 11 is 0. The average Bonchev–Trinajstić information content (AvgIpc) is 1.65. The third-order valence-electron chi connectivity index (χ3n) is 18.1. The Labute approximate surface area is 650 Å². The van der Waals surface area contributed by atoms with Crippen molar-refractivity contribution in [2.75, 3.05) is 33.0 Å². The van der Waals surface area contributed by atoms with Crippen LogP contribution in [-0.2, 0) is 114 Å². The fourth-order valence-corrected chi connectivity index (χ4v) is 8.17. The van der Waals surface area contributed by atoms with Crippen molar-refractivity contribution in [1.29, 1.82) is 0 Å². The zero-order valence-corrected chi connectivity index (χ0v) is 73.5. The molecule has 2 saturated carbocycles. The van der Waals surface area contributed by atoms with Crippen molar-refractivity contribution in [2.45, 2.75) is 383 Å². The maximum atomic E-state index is 11.8. The summed E-state index contributed by atoms with van der Waals surface area (Å²) in [6, 6.07) is 0. The predicted molar refractivity (Wildman–Crippen MR) is 413 cm³/mol. The van der Waals surface area contributed by atoms with Gasteiger partial charge in [-0.3, -0.25) is 33.6 Å². The van der Waals surface area contributed by atoms with Crippen molar-refractivity contribution in [3.63, 3.8) is 0 Å². The van der Waals surface area contributed by atoms with Crippen LogP contribution < -0.4 is 0 Å². The first kappa shape index (κ1) is 108. The second-order valence-corrected chi connectivity index (χ2v) is 34.9. The fraction of sp³-hybridized carbons (Fsp3) is 0.855. The summed E-state index contributed by atoms with van der Waals surface area (Å²) < 4.78 is 66.6. The van der Waals surface area contributed by atoms with Gasteiger partial charge in [-0.15, -0.1) is 0 Å². The normalized spacial score (nSPS) is 14.7. The number of hydrogen-bond donors (Lipinski definition) is 0. The van der Waals surface area contributed by atoms with Crippen LogP contribution in [-0.4, -0.2) is 150 Å². The summed E-state index contributed by atoms with van der Waals surface area (Å²) in [6.45, 7) is 61.4. The highest BCUT2D eigenvalue weighted by Gasteiger charge is 2.42. The lowest BCUT2D eigenvalue weighted by Crippen LogP contribution is -2.43. The molecule has 0 aromatic rings. The maximum Gasteiger partial charge on any atom is 0.508 e. The molecule has 2 fully saturated rings. The Kier molecular flexibility index (Phi) is 49.5. The molecule has 2 rings (SSSR count). The van der Waals surface area contributed by atoms with Gasteiger partial charge in [0.25, 0.3) is 0 Å². The van der Waals surface area contributed by atoms with Gasteiger partial charge in [0.1, 0.15) is 46.8 Å². The molecule has 632 valence electrons. The lowest BCUT2D eigenvalue weighted by atomic mass is 9.79. The minimum absolute atomic E-state index is 0.00413. The standard InChI is InChI=1S/C16H28O4.C14H26O5.C14H24O4.3C13H24O4/c1-5-12(2)15(18)19-11-14(17)20-16(3,4)13-9-7-6-8-10-13;1-7-13(3,4)11(15)17-9-10-18-12(16)19-14(5,6)8-2;1-6-13(2,3)12(16)17-9-11(15)18-14(4,5)10-7-8-10;1-8-13(6,7)11(15)16-9(2)10(14)17-12(3,4)5;1-8-9(2)10(14)16-13(6,7)11(15)17-12(3,4)5;1-6-10(2)12(15)16-9-7-8-11(14)17-13(3,4)5/h12-13H,5-11H2,1-4H3;7-10H2,1-6H3;10H,6-9H2,1-5H3;2*9H,8H2,1-7H3;10H,6-9H2,1-5H3. The molecule has 0 N–H and O–H groups in total. The van der Waals surface area contributed by atoms with Gasteiger partial charge < -0.3 is 61.6 Å². The summed E-state index contributed by atoms with van der Waals surface area (Å²) in [5.41, 5.74) is -5.94. The Hall–Kier alpha value is -6.56. The zero-order chi connectivity index (χ0) is 85.4. The van der Waals surface area contributed by atoms with Crippen LogP contribution in [0.1, 0.15) is 338 Å². The van der Waals surface area contributed by atoms with Gasteiger partial charge in [-0.25, -0.2) is 24.0 Å². The van der Waals surface area contributed by atoms with E-state index in [9.17, 15) is 57.5 Å². The van der Waals surface area contributed by atoms with Crippen LogP contribution in [0.15, 0.2) is 0 Å². The van der Waals surface area contributed by atoms with Gasteiger partial charge in [-0.2, -0.15) is 0 Å². The summed E-state index contributed by atoms with van der Waals surface area (Å²) in [7, 11) is 0. The van der Waals surface area contributed by atoms with Gasteiger partial charge in [0.05, 0.1) is 40.6 Å². The van der Waals surface area contributed by atoms with Gasteiger partial charge in [0.2, 0.25) is 5.60 Å². The molecule has 108 heavy (non-hydrogen) atoms. The molecule has 0 bridgehead atoms. The second kappa shape index (κ2) is 49.6. The van der Waals surface area contributed by atoms with E-state index in [1.165, 1.54) is 26.2 Å². The molecule has 0 spiro atoms. The molecule has 0 radical (unpaired) electrons. The van der Waals surface area contributed by atoms with Gasteiger partial charge >= 0.3 is 71.8 Å². The van der Waals surface area contributed by atoms with Gasteiger partial charge in [0.15, 0.2) is 19.3 Å².